The van der Waals surface area contributed by atoms with Crippen LogP contribution in [-0.2, 0) is 14.4 Å². The van der Waals surface area contributed by atoms with Gasteiger partial charge in [0.15, 0.2) is 0 Å². The molecule has 0 amide bonds. The summed E-state index contributed by atoms with van der Waals surface area (Å²) in [6, 6.07) is 22.1. The predicted octanol–water partition coefficient (Wildman–Crippen LogP) is 11.6. The summed E-state index contributed by atoms with van der Waals surface area (Å²) in [5, 5.41) is 0. The number of fused-ring (bicyclic) bond motifs is 2. The molecule has 2 unspecified atom stereocenters. The molecule has 0 spiro atoms. The van der Waals surface area contributed by atoms with Crippen LogP contribution in [0.1, 0.15) is 145 Å². The van der Waals surface area contributed by atoms with Crippen LogP contribution in [0.25, 0.3) is 12.2 Å². The molecule has 0 N–H and O–H groups in total. The van der Waals surface area contributed by atoms with Crippen LogP contribution in [0.3, 0.4) is 0 Å². The summed E-state index contributed by atoms with van der Waals surface area (Å²) in [5.41, 5.74) is 15.3. The van der Waals surface area contributed by atoms with Gasteiger partial charge in [0.1, 0.15) is 0 Å². The van der Waals surface area contributed by atoms with Gasteiger partial charge in [-0.15, -0.1) is 0 Å². The Morgan fingerprint density at radius 3 is 1.26 bits per heavy atom. The first kappa shape index (κ1) is 32.6. The molecule has 0 aromatic heterocycles. The van der Waals surface area contributed by atoms with Crippen molar-refractivity contribution >= 4 is 22.3 Å². The Morgan fingerprint density at radius 2 is 0.930 bits per heavy atom. The molecule has 2 aliphatic carbocycles. The average molecular weight is 670 g/mol. The number of allylic oxidation sites excluding steroid dienone is 2. The van der Waals surface area contributed by atoms with Crippen LogP contribution in [0.4, 0.5) is 0 Å². The van der Waals surface area contributed by atoms with Crippen LogP contribution >= 0.6 is 0 Å². The van der Waals surface area contributed by atoms with Crippen LogP contribution in [0.5, 0.6) is 0 Å². The van der Waals surface area contributed by atoms with Gasteiger partial charge < -0.3 is 0 Å². The molecular weight excluding hydrogens is 612 g/mol. The van der Waals surface area contributed by atoms with Gasteiger partial charge in [-0.1, -0.05) is 0 Å². The summed E-state index contributed by atoms with van der Waals surface area (Å²) in [6.07, 6.45) is 5.19. The summed E-state index contributed by atoms with van der Waals surface area (Å²) in [4.78, 5) is 0. The normalized spacial score (nSPS) is 20.9. The molecule has 0 aliphatic heterocycles. The molecule has 3 aromatic rings. The minimum absolute atomic E-state index is 0.355. The van der Waals surface area contributed by atoms with E-state index in [2.05, 4.69) is 157 Å². The van der Waals surface area contributed by atoms with E-state index in [1.165, 1.54) is 33.4 Å². The van der Waals surface area contributed by atoms with Crippen molar-refractivity contribution in [1.29, 1.82) is 0 Å². The van der Waals surface area contributed by atoms with Gasteiger partial charge in [-0.25, -0.2) is 0 Å². The molecule has 230 valence electrons. The maximum atomic E-state index is 2.84. The van der Waals surface area contributed by atoms with Crippen molar-refractivity contribution in [3.05, 3.63) is 110 Å². The van der Waals surface area contributed by atoms with Crippen molar-refractivity contribution in [1.82, 2.24) is 0 Å². The monoisotopic (exact) mass is 668 g/mol. The summed E-state index contributed by atoms with van der Waals surface area (Å²) in [5.74, 6) is 1.95. The van der Waals surface area contributed by atoms with Crippen molar-refractivity contribution in [3.63, 3.8) is 0 Å². The van der Waals surface area contributed by atoms with E-state index in [1.54, 1.807) is 25.5 Å². The zero-order valence-electron chi connectivity index (χ0n) is 29.5. The summed E-state index contributed by atoms with van der Waals surface area (Å²) >= 11 is -5.31. The third-order valence-corrected chi connectivity index (χ3v) is 44.6. The van der Waals surface area contributed by atoms with Gasteiger partial charge >= 0.3 is 261 Å². The minimum atomic E-state index is -5.31. The molecule has 2 atom stereocenters. The molecule has 0 bridgehead atoms. The first-order chi connectivity index (χ1) is 19.7. The molecule has 0 nitrogen and oxygen atoms in total. The van der Waals surface area contributed by atoms with Crippen molar-refractivity contribution < 1.29 is 14.4 Å². The van der Waals surface area contributed by atoms with Gasteiger partial charge in [0.05, 0.1) is 0 Å². The molecule has 0 saturated carbocycles. The van der Waals surface area contributed by atoms with E-state index in [0.717, 1.165) is 0 Å². The van der Waals surface area contributed by atoms with E-state index in [1.807, 2.05) is 0 Å². The SMILES string of the molecule is CC1=Cc2c(C(C)C)cc(C(C)C)cc2[CH]1[Zr]([CH3])([CH3])([CH3])(=[SiH2])([c]1ccccc1)[CH]1C(C)=Cc2c(C(C)C)cc(C(C)C)cc21. The van der Waals surface area contributed by atoms with Gasteiger partial charge in [0.2, 0.25) is 0 Å². The third-order valence-electron chi connectivity index (χ3n) is 12.3. The average Bonchev–Trinajstić information content (AvgIpc) is 3.44. The summed E-state index contributed by atoms with van der Waals surface area (Å²) in [7, 11) is 0. The number of hydrogen-bond acceptors (Lipinski definition) is 0. The molecule has 0 heterocycles. The van der Waals surface area contributed by atoms with Crippen LogP contribution < -0.4 is 3.27 Å². The van der Waals surface area contributed by atoms with E-state index in [0.29, 0.717) is 30.9 Å². The number of rotatable bonds is 7. The van der Waals surface area contributed by atoms with Crippen LogP contribution in [0.15, 0.2) is 65.7 Å². The van der Waals surface area contributed by atoms with Crippen molar-refractivity contribution in [3.8, 4) is 0 Å². The Morgan fingerprint density at radius 1 is 0.558 bits per heavy atom. The van der Waals surface area contributed by atoms with Crippen molar-refractivity contribution in [2.45, 2.75) is 114 Å². The molecule has 0 radical (unpaired) electrons. The van der Waals surface area contributed by atoms with E-state index in [9.17, 15) is 0 Å². The summed E-state index contributed by atoms with van der Waals surface area (Å²) < 4.78 is 10.8. The second-order valence-corrected chi connectivity index (χ2v) is 72.6. The van der Waals surface area contributed by atoms with Gasteiger partial charge in [-0.3, -0.25) is 0 Å². The Kier molecular flexibility index (Phi) is 7.12. The third kappa shape index (κ3) is 4.51. The Bertz CT molecular complexity index is 1720. The fourth-order valence-corrected chi connectivity index (χ4v) is 44.7. The number of hydrogen-bond donors (Lipinski definition) is 0. The van der Waals surface area contributed by atoms with Gasteiger partial charge in [0.25, 0.3) is 0 Å². The fraction of sp³-hybridized carbons (Fsp3) is 0.463. The van der Waals surface area contributed by atoms with Crippen molar-refractivity contribution in [2.75, 3.05) is 0 Å². The van der Waals surface area contributed by atoms with Crippen LogP contribution in [0.2, 0.25) is 13.9 Å². The molecule has 3 aromatic carbocycles. The molecule has 2 aliphatic rings. The Labute approximate surface area is 259 Å². The van der Waals surface area contributed by atoms with Gasteiger partial charge in [0, 0.05) is 0 Å². The van der Waals surface area contributed by atoms with Crippen molar-refractivity contribution in [2.24, 2.45) is 0 Å². The Hall–Kier alpha value is -1.76. The molecule has 2 heteroatoms. The van der Waals surface area contributed by atoms with Crippen LogP contribution in [-0.4, -0.2) is 6.88 Å². The molecule has 0 saturated heterocycles. The second-order valence-electron chi connectivity index (χ2n) is 18.9. The van der Waals surface area contributed by atoms with Crippen LogP contribution in [0, 0.1) is 0 Å². The Balaban J connectivity index is 2.01. The van der Waals surface area contributed by atoms with E-state index >= 15 is 0 Å². The quantitative estimate of drug-likeness (QED) is 0.220. The standard InChI is InChI=1S/2C16H21.C6H5.3CH3.H2Si.Zr/c2*1-10(2)13-8-14-6-12(5)7-16(14)15(9-13)11(3)4;1-2-4-6-5-3-1;;;;;/h2*6-11H,1-5H3;1-5H;3*1H3;1H2;. The topological polar surface area (TPSA) is 0 Å². The number of benzene rings is 3. The van der Waals surface area contributed by atoms with E-state index < -0.39 is 14.4 Å². The zero-order valence-corrected chi connectivity index (χ0v) is 33.4. The first-order valence-electron chi connectivity index (χ1n) is 17.0. The molecule has 0 fully saturated rings. The fourth-order valence-electron chi connectivity index (χ4n) is 10.4. The first-order valence-corrected chi connectivity index (χ1v) is 34.3. The molecular formula is C41H58SiZr. The molecule has 5 rings (SSSR count). The zero-order chi connectivity index (χ0) is 32.0. The van der Waals surface area contributed by atoms with E-state index in [4.69, 9.17) is 0 Å². The van der Waals surface area contributed by atoms with Gasteiger partial charge in [-0.2, -0.15) is 0 Å². The van der Waals surface area contributed by atoms with Gasteiger partial charge in [-0.05, 0) is 0 Å². The maximum absolute atomic E-state index is 5.31. The predicted molar refractivity (Wildman–Crippen MR) is 194 cm³/mol. The van der Waals surface area contributed by atoms with E-state index in [-0.39, 0.29) is 0 Å². The second kappa shape index (κ2) is 9.39. The summed E-state index contributed by atoms with van der Waals surface area (Å²) in [6.45, 7) is 26.4. The molecule has 43 heavy (non-hydrogen) atoms.